The molecule has 78 valence electrons. The number of hydrogen-bond acceptors (Lipinski definition) is 2. The standard InChI is InChI=1S/C11H23NO/c1-4-5-6-12-11-7-9(2)13-10(3)8-11/h9-12H,4-8H2,1-3H3/t9-,10-/m0/s1. The van der Waals surface area contributed by atoms with Crippen LogP contribution in [0.3, 0.4) is 0 Å². The largest absolute Gasteiger partial charge is 0.375 e. The molecule has 0 amide bonds. The van der Waals surface area contributed by atoms with E-state index in [0.717, 1.165) is 0 Å². The first-order valence-corrected chi connectivity index (χ1v) is 5.61. The van der Waals surface area contributed by atoms with E-state index in [1.54, 1.807) is 0 Å². The van der Waals surface area contributed by atoms with Gasteiger partial charge in [0.1, 0.15) is 0 Å². The summed E-state index contributed by atoms with van der Waals surface area (Å²) in [6, 6.07) is 0.685. The number of unbranched alkanes of at least 4 members (excludes halogenated alkanes) is 1. The molecular weight excluding hydrogens is 162 g/mol. The predicted octanol–water partition coefficient (Wildman–Crippen LogP) is 2.33. The highest BCUT2D eigenvalue weighted by atomic mass is 16.5. The van der Waals surface area contributed by atoms with Crippen molar-refractivity contribution in [2.24, 2.45) is 0 Å². The Hall–Kier alpha value is -0.0800. The molecule has 0 aromatic rings. The summed E-state index contributed by atoms with van der Waals surface area (Å²) in [5, 5.41) is 3.60. The van der Waals surface area contributed by atoms with E-state index in [1.807, 2.05) is 0 Å². The lowest BCUT2D eigenvalue weighted by Crippen LogP contribution is -2.41. The van der Waals surface area contributed by atoms with Gasteiger partial charge in [-0.2, -0.15) is 0 Å². The zero-order valence-corrected chi connectivity index (χ0v) is 9.18. The molecule has 1 saturated heterocycles. The van der Waals surface area contributed by atoms with Gasteiger partial charge in [0.25, 0.3) is 0 Å². The summed E-state index contributed by atoms with van der Waals surface area (Å²) in [6.07, 6.45) is 5.79. The van der Waals surface area contributed by atoms with E-state index < -0.39 is 0 Å². The maximum Gasteiger partial charge on any atom is 0.0565 e. The van der Waals surface area contributed by atoms with Crippen molar-refractivity contribution in [1.82, 2.24) is 5.32 Å². The van der Waals surface area contributed by atoms with Crippen molar-refractivity contribution in [2.75, 3.05) is 6.54 Å². The fourth-order valence-electron chi connectivity index (χ4n) is 2.05. The minimum Gasteiger partial charge on any atom is -0.375 e. The van der Waals surface area contributed by atoms with E-state index in [2.05, 4.69) is 26.1 Å². The monoisotopic (exact) mass is 185 g/mol. The van der Waals surface area contributed by atoms with E-state index in [4.69, 9.17) is 4.74 Å². The fraction of sp³-hybridized carbons (Fsp3) is 1.00. The predicted molar refractivity (Wildman–Crippen MR) is 55.9 cm³/mol. The molecule has 1 heterocycles. The first-order chi connectivity index (χ1) is 6.22. The van der Waals surface area contributed by atoms with Crippen LogP contribution in [0.5, 0.6) is 0 Å². The minimum absolute atomic E-state index is 0.433. The molecule has 0 bridgehead atoms. The molecule has 1 rings (SSSR count). The Balaban J connectivity index is 2.17. The summed E-state index contributed by atoms with van der Waals surface area (Å²) in [6.45, 7) is 7.74. The Bertz CT molecular complexity index is 128. The number of rotatable bonds is 4. The van der Waals surface area contributed by atoms with Crippen LogP contribution in [0.15, 0.2) is 0 Å². The molecule has 2 atom stereocenters. The first kappa shape index (κ1) is 11.0. The Morgan fingerprint density at radius 3 is 2.38 bits per heavy atom. The highest BCUT2D eigenvalue weighted by Crippen LogP contribution is 2.18. The van der Waals surface area contributed by atoms with Crippen molar-refractivity contribution in [2.45, 2.75) is 64.7 Å². The fourth-order valence-corrected chi connectivity index (χ4v) is 2.05. The molecule has 2 heteroatoms. The van der Waals surface area contributed by atoms with Crippen molar-refractivity contribution in [3.05, 3.63) is 0 Å². The molecule has 1 aliphatic rings. The maximum absolute atomic E-state index is 5.68. The Morgan fingerprint density at radius 1 is 1.23 bits per heavy atom. The molecule has 0 spiro atoms. The lowest BCUT2D eigenvalue weighted by atomic mass is 10.00. The zero-order chi connectivity index (χ0) is 9.68. The van der Waals surface area contributed by atoms with Crippen molar-refractivity contribution < 1.29 is 4.74 Å². The van der Waals surface area contributed by atoms with Crippen molar-refractivity contribution in [3.8, 4) is 0 Å². The van der Waals surface area contributed by atoms with Gasteiger partial charge < -0.3 is 10.1 Å². The molecule has 1 N–H and O–H groups in total. The molecule has 2 nitrogen and oxygen atoms in total. The number of hydrogen-bond donors (Lipinski definition) is 1. The average molecular weight is 185 g/mol. The van der Waals surface area contributed by atoms with Gasteiger partial charge in [0.2, 0.25) is 0 Å². The Morgan fingerprint density at radius 2 is 1.85 bits per heavy atom. The van der Waals surface area contributed by atoms with E-state index >= 15 is 0 Å². The van der Waals surface area contributed by atoms with Crippen LogP contribution in [-0.4, -0.2) is 24.8 Å². The zero-order valence-electron chi connectivity index (χ0n) is 9.18. The normalized spacial score (nSPS) is 34.8. The van der Waals surface area contributed by atoms with E-state index in [9.17, 15) is 0 Å². The highest BCUT2D eigenvalue weighted by molar-refractivity contribution is 4.78. The van der Waals surface area contributed by atoms with Crippen LogP contribution in [0.4, 0.5) is 0 Å². The lowest BCUT2D eigenvalue weighted by molar-refractivity contribution is -0.0419. The highest BCUT2D eigenvalue weighted by Gasteiger charge is 2.23. The van der Waals surface area contributed by atoms with Gasteiger partial charge in [0, 0.05) is 6.04 Å². The number of nitrogens with one attached hydrogen (secondary N) is 1. The summed E-state index contributed by atoms with van der Waals surface area (Å²) in [7, 11) is 0. The molecule has 0 aromatic heterocycles. The molecule has 0 aromatic carbocycles. The van der Waals surface area contributed by atoms with E-state index in [-0.39, 0.29) is 0 Å². The van der Waals surface area contributed by atoms with Gasteiger partial charge in [0.15, 0.2) is 0 Å². The van der Waals surface area contributed by atoms with Crippen LogP contribution in [0.1, 0.15) is 46.5 Å². The molecule has 1 fully saturated rings. The first-order valence-electron chi connectivity index (χ1n) is 5.61. The summed E-state index contributed by atoms with van der Waals surface area (Å²) in [5.41, 5.74) is 0. The third-order valence-electron chi connectivity index (χ3n) is 2.66. The van der Waals surface area contributed by atoms with Gasteiger partial charge in [-0.3, -0.25) is 0 Å². The van der Waals surface area contributed by atoms with Crippen LogP contribution < -0.4 is 5.32 Å². The topological polar surface area (TPSA) is 21.3 Å². The Kier molecular flexibility index (Phi) is 4.74. The molecule has 0 unspecified atom stereocenters. The van der Waals surface area contributed by atoms with Gasteiger partial charge in [-0.05, 0) is 39.7 Å². The SMILES string of the molecule is CCCCNC1C[C@H](C)O[C@@H](C)C1. The molecule has 13 heavy (non-hydrogen) atoms. The third-order valence-corrected chi connectivity index (χ3v) is 2.66. The quantitative estimate of drug-likeness (QED) is 0.679. The van der Waals surface area contributed by atoms with Crippen molar-refractivity contribution >= 4 is 0 Å². The van der Waals surface area contributed by atoms with Gasteiger partial charge in [-0.1, -0.05) is 13.3 Å². The molecular formula is C11H23NO. The second-order valence-electron chi connectivity index (χ2n) is 4.23. The van der Waals surface area contributed by atoms with Crippen LogP contribution in [0.25, 0.3) is 0 Å². The van der Waals surface area contributed by atoms with Gasteiger partial charge in [0.05, 0.1) is 12.2 Å². The molecule has 0 radical (unpaired) electrons. The lowest BCUT2D eigenvalue weighted by Gasteiger charge is -2.32. The maximum atomic E-state index is 5.68. The third kappa shape index (κ3) is 4.10. The van der Waals surface area contributed by atoms with Gasteiger partial charge in [-0.15, -0.1) is 0 Å². The summed E-state index contributed by atoms with van der Waals surface area (Å²) in [4.78, 5) is 0. The van der Waals surface area contributed by atoms with Crippen molar-refractivity contribution in [1.29, 1.82) is 0 Å². The van der Waals surface area contributed by atoms with E-state index in [1.165, 1.54) is 32.2 Å². The smallest absolute Gasteiger partial charge is 0.0565 e. The van der Waals surface area contributed by atoms with Gasteiger partial charge >= 0.3 is 0 Å². The molecule has 0 aliphatic carbocycles. The Labute approximate surface area is 82.0 Å². The average Bonchev–Trinajstić information content (AvgIpc) is 2.03. The second-order valence-corrected chi connectivity index (χ2v) is 4.23. The van der Waals surface area contributed by atoms with Crippen molar-refractivity contribution in [3.63, 3.8) is 0 Å². The molecule has 1 aliphatic heterocycles. The summed E-state index contributed by atoms with van der Waals surface area (Å²) < 4.78 is 5.68. The minimum atomic E-state index is 0.433. The summed E-state index contributed by atoms with van der Waals surface area (Å²) in [5.74, 6) is 0. The van der Waals surface area contributed by atoms with E-state index in [0.29, 0.717) is 18.2 Å². The second kappa shape index (κ2) is 5.61. The number of ether oxygens (including phenoxy) is 1. The van der Waals surface area contributed by atoms with Crippen LogP contribution >= 0.6 is 0 Å². The summed E-state index contributed by atoms with van der Waals surface area (Å²) >= 11 is 0. The van der Waals surface area contributed by atoms with Crippen LogP contribution in [0.2, 0.25) is 0 Å². The van der Waals surface area contributed by atoms with Crippen LogP contribution in [-0.2, 0) is 4.74 Å². The van der Waals surface area contributed by atoms with Crippen LogP contribution in [0, 0.1) is 0 Å². The molecule has 0 saturated carbocycles. The van der Waals surface area contributed by atoms with Gasteiger partial charge in [-0.25, -0.2) is 0 Å².